The first-order valence-electron chi connectivity index (χ1n) is 9.98. The molecule has 0 aliphatic carbocycles. The van der Waals surface area contributed by atoms with E-state index in [1.165, 1.54) is 57.1 Å². The third-order valence-electron chi connectivity index (χ3n) is 4.71. The lowest BCUT2D eigenvalue weighted by Gasteiger charge is -2.12. The van der Waals surface area contributed by atoms with Crippen molar-refractivity contribution in [2.45, 2.75) is 69.6 Å². The van der Waals surface area contributed by atoms with Crippen LogP contribution in [0.2, 0.25) is 0 Å². The Morgan fingerprint density at radius 3 is 2.21 bits per heavy atom. The second-order valence-electron chi connectivity index (χ2n) is 7.04. The zero-order valence-electron chi connectivity index (χ0n) is 16.4. The van der Waals surface area contributed by atoms with Gasteiger partial charge in [-0.1, -0.05) is 70.1 Å². The van der Waals surface area contributed by atoms with E-state index in [1.807, 2.05) is 24.3 Å². The Hall–Kier alpha value is -2.05. The first-order valence-corrected chi connectivity index (χ1v) is 11.4. The van der Waals surface area contributed by atoms with Crippen molar-refractivity contribution in [1.29, 1.82) is 0 Å². The smallest absolute Gasteiger partial charge is 0.298 e. The van der Waals surface area contributed by atoms with E-state index in [9.17, 15) is 18.1 Å². The molecule has 0 saturated carbocycles. The number of para-hydroxylation sites is 1. The summed E-state index contributed by atoms with van der Waals surface area (Å²) in [5.74, 6) is 0.383. The van der Waals surface area contributed by atoms with E-state index >= 15 is 0 Å². The van der Waals surface area contributed by atoms with Crippen LogP contribution in [0.3, 0.4) is 0 Å². The van der Waals surface area contributed by atoms with E-state index in [2.05, 4.69) is 6.92 Å². The normalized spacial score (nSPS) is 11.5. The Morgan fingerprint density at radius 1 is 0.893 bits per heavy atom. The Kier molecular flexibility index (Phi) is 8.80. The molecule has 0 aromatic heterocycles. The molecule has 0 heterocycles. The van der Waals surface area contributed by atoms with Gasteiger partial charge in [0.25, 0.3) is 10.1 Å². The van der Waals surface area contributed by atoms with Crippen molar-refractivity contribution in [3.8, 4) is 17.2 Å². The van der Waals surface area contributed by atoms with Crippen LogP contribution in [0.4, 0.5) is 0 Å². The first kappa shape index (κ1) is 22.2. The number of unbranched alkanes of at least 4 members (excludes halogenated alkanes) is 7. The zero-order chi connectivity index (χ0) is 20.4. The van der Waals surface area contributed by atoms with E-state index in [0.717, 1.165) is 24.5 Å². The second kappa shape index (κ2) is 11.1. The largest absolute Gasteiger partial charge is 0.506 e. The summed E-state index contributed by atoms with van der Waals surface area (Å²) < 4.78 is 37.7. The number of phenolic OH excluding ortho intramolecular Hbond substituents is 1. The maximum Gasteiger partial charge on any atom is 0.298 e. The summed E-state index contributed by atoms with van der Waals surface area (Å²) in [4.78, 5) is -0.564. The number of ether oxygens (including phenoxy) is 1. The van der Waals surface area contributed by atoms with Crippen LogP contribution in [-0.4, -0.2) is 18.1 Å². The molecule has 0 amide bonds. The van der Waals surface area contributed by atoms with Crippen LogP contribution in [0.15, 0.2) is 47.4 Å². The molecule has 2 aromatic rings. The van der Waals surface area contributed by atoms with E-state index in [4.69, 9.17) is 4.74 Å². The van der Waals surface area contributed by atoms with Gasteiger partial charge in [0.05, 0.1) is 0 Å². The van der Waals surface area contributed by atoms with Crippen molar-refractivity contribution in [3.05, 3.63) is 48.0 Å². The highest BCUT2D eigenvalue weighted by Crippen LogP contribution is 2.32. The lowest BCUT2D eigenvalue weighted by Crippen LogP contribution is -1.99. The third kappa shape index (κ3) is 7.17. The van der Waals surface area contributed by atoms with Crippen molar-refractivity contribution < 1.29 is 22.8 Å². The number of aryl methyl sites for hydroxylation is 1. The van der Waals surface area contributed by atoms with Crippen LogP contribution >= 0.6 is 0 Å². The van der Waals surface area contributed by atoms with E-state index in [0.29, 0.717) is 5.75 Å². The van der Waals surface area contributed by atoms with Gasteiger partial charge in [-0.15, -0.1) is 0 Å². The summed E-state index contributed by atoms with van der Waals surface area (Å²) >= 11 is 0. The van der Waals surface area contributed by atoms with Crippen LogP contribution in [0.5, 0.6) is 17.2 Å². The highest BCUT2D eigenvalue weighted by molar-refractivity contribution is 7.86. The molecule has 154 valence electrons. The molecule has 0 spiro atoms. The topological polar surface area (TPSA) is 83.8 Å². The standard InChI is InChI=1S/C22H30O5S/c1-2-3-4-5-6-7-8-9-12-18-13-10-11-14-21(18)27-19-15-16-20(23)22(17-19)28(24,25)26/h10-11,13-17,23H,2-9,12H2,1H3,(H,24,25,26). The van der Waals surface area contributed by atoms with Crippen LogP contribution in [0, 0.1) is 0 Å². The molecule has 0 bridgehead atoms. The maximum absolute atomic E-state index is 11.4. The quantitative estimate of drug-likeness (QED) is 0.328. The number of benzene rings is 2. The van der Waals surface area contributed by atoms with E-state index in [1.54, 1.807) is 0 Å². The average Bonchev–Trinajstić information content (AvgIpc) is 2.66. The van der Waals surface area contributed by atoms with Gasteiger partial charge in [-0.25, -0.2) is 0 Å². The fourth-order valence-electron chi connectivity index (χ4n) is 3.15. The molecule has 0 saturated heterocycles. The van der Waals surface area contributed by atoms with Crippen LogP contribution in [0.1, 0.15) is 63.9 Å². The molecule has 2 rings (SSSR count). The minimum Gasteiger partial charge on any atom is -0.506 e. The SMILES string of the molecule is CCCCCCCCCCc1ccccc1Oc1ccc(O)c(S(=O)(=O)O)c1. The van der Waals surface area contributed by atoms with Gasteiger partial charge in [0.2, 0.25) is 0 Å². The minimum absolute atomic E-state index is 0.244. The van der Waals surface area contributed by atoms with Gasteiger partial charge < -0.3 is 9.84 Å². The molecule has 28 heavy (non-hydrogen) atoms. The summed E-state index contributed by atoms with van der Waals surface area (Å²) in [6.07, 6.45) is 10.9. The van der Waals surface area contributed by atoms with Crippen LogP contribution < -0.4 is 4.74 Å². The molecule has 5 nitrogen and oxygen atoms in total. The molecular weight excluding hydrogens is 376 g/mol. The summed E-state index contributed by atoms with van der Waals surface area (Å²) in [7, 11) is -4.52. The van der Waals surface area contributed by atoms with Gasteiger partial charge in [0.1, 0.15) is 22.1 Å². The van der Waals surface area contributed by atoms with E-state index < -0.39 is 20.8 Å². The maximum atomic E-state index is 11.4. The molecule has 2 N–H and O–H groups in total. The fourth-order valence-corrected chi connectivity index (χ4v) is 3.75. The van der Waals surface area contributed by atoms with Gasteiger partial charge in [0, 0.05) is 6.07 Å². The average molecular weight is 407 g/mol. The Labute approximate surface area is 168 Å². The Morgan fingerprint density at radius 2 is 1.54 bits per heavy atom. The second-order valence-corrected chi connectivity index (χ2v) is 8.43. The van der Waals surface area contributed by atoms with Gasteiger partial charge in [-0.3, -0.25) is 4.55 Å². The number of aromatic hydroxyl groups is 1. The van der Waals surface area contributed by atoms with Crippen molar-refractivity contribution in [3.63, 3.8) is 0 Å². The minimum atomic E-state index is -4.52. The van der Waals surface area contributed by atoms with Crippen LogP contribution in [-0.2, 0) is 16.5 Å². The molecular formula is C22H30O5S. The predicted molar refractivity (Wildman–Crippen MR) is 111 cm³/mol. The van der Waals surface area contributed by atoms with E-state index in [-0.39, 0.29) is 5.75 Å². The Balaban J connectivity index is 1.94. The first-order chi connectivity index (χ1) is 13.4. The van der Waals surface area contributed by atoms with Gasteiger partial charge in [-0.2, -0.15) is 8.42 Å². The number of phenols is 1. The van der Waals surface area contributed by atoms with Crippen molar-refractivity contribution in [1.82, 2.24) is 0 Å². The number of hydrogen-bond donors (Lipinski definition) is 2. The number of hydrogen-bond acceptors (Lipinski definition) is 4. The molecule has 0 unspecified atom stereocenters. The summed E-state index contributed by atoms with van der Waals surface area (Å²) in [5, 5.41) is 9.63. The number of rotatable bonds is 12. The van der Waals surface area contributed by atoms with Crippen molar-refractivity contribution in [2.75, 3.05) is 0 Å². The monoisotopic (exact) mass is 406 g/mol. The predicted octanol–water partition coefficient (Wildman–Crippen LogP) is 6.11. The Bertz CT molecular complexity index is 846. The molecule has 2 aromatic carbocycles. The van der Waals surface area contributed by atoms with Crippen molar-refractivity contribution in [2.24, 2.45) is 0 Å². The lowest BCUT2D eigenvalue weighted by atomic mass is 10.0. The van der Waals surface area contributed by atoms with Gasteiger partial charge in [0.15, 0.2) is 0 Å². The van der Waals surface area contributed by atoms with Crippen molar-refractivity contribution >= 4 is 10.1 Å². The summed E-state index contributed by atoms with van der Waals surface area (Å²) in [6.45, 7) is 2.22. The molecule has 0 aliphatic rings. The third-order valence-corrected chi connectivity index (χ3v) is 5.59. The molecule has 6 heteroatoms. The molecule has 0 atom stereocenters. The highest BCUT2D eigenvalue weighted by Gasteiger charge is 2.17. The molecule has 0 radical (unpaired) electrons. The summed E-state index contributed by atoms with van der Waals surface area (Å²) in [5.41, 5.74) is 1.05. The molecule has 0 aliphatic heterocycles. The highest BCUT2D eigenvalue weighted by atomic mass is 32.2. The lowest BCUT2D eigenvalue weighted by molar-refractivity contribution is 0.434. The molecule has 0 fully saturated rings. The summed E-state index contributed by atoms with van der Waals surface area (Å²) in [6, 6.07) is 11.4. The zero-order valence-corrected chi connectivity index (χ0v) is 17.2. The van der Waals surface area contributed by atoms with Gasteiger partial charge in [-0.05, 0) is 36.6 Å². The van der Waals surface area contributed by atoms with Gasteiger partial charge >= 0.3 is 0 Å². The fraction of sp³-hybridized carbons (Fsp3) is 0.455. The van der Waals surface area contributed by atoms with Crippen LogP contribution in [0.25, 0.3) is 0 Å².